The van der Waals surface area contributed by atoms with E-state index in [2.05, 4.69) is 15.2 Å². The maximum atomic E-state index is 12.0. The normalized spacial score (nSPS) is 13.8. The largest absolute Gasteiger partial charge is 0.409 e. The van der Waals surface area contributed by atoms with Crippen molar-refractivity contribution < 1.29 is 18.4 Å². The standard InChI is InChI=1S/C11H16N4O4S/c1-7(11(12)14-17)15-20(18,19)10-5-3-9(4-6-10)13-8(2)16/h3-7,15,17H,1-2H3,(H2,12,14)(H,13,16). The Hall–Kier alpha value is -2.13. The molecule has 9 heteroatoms. The Balaban J connectivity index is 2.90. The average Bonchev–Trinajstić information content (AvgIpc) is 2.37. The highest BCUT2D eigenvalue weighted by Crippen LogP contribution is 2.14. The SMILES string of the molecule is CC(=O)Nc1ccc(S(=O)(=O)NC(C)/C(N)=N/O)cc1. The van der Waals surface area contributed by atoms with Crippen LogP contribution in [0.1, 0.15) is 13.8 Å². The summed E-state index contributed by atoms with van der Waals surface area (Å²) < 4.78 is 26.3. The minimum absolute atomic E-state index is 0.00388. The van der Waals surface area contributed by atoms with Crippen LogP contribution in [-0.2, 0) is 14.8 Å². The molecule has 1 aromatic rings. The van der Waals surface area contributed by atoms with Gasteiger partial charge in [0.15, 0.2) is 5.84 Å². The zero-order valence-electron chi connectivity index (χ0n) is 11.0. The fourth-order valence-electron chi connectivity index (χ4n) is 1.37. The number of carbonyl (C=O) groups excluding carboxylic acids is 1. The molecule has 0 spiro atoms. The van der Waals surface area contributed by atoms with Gasteiger partial charge in [0.25, 0.3) is 0 Å². The first kappa shape index (κ1) is 15.9. The van der Waals surface area contributed by atoms with Crippen molar-refractivity contribution in [2.24, 2.45) is 10.9 Å². The third-order valence-electron chi connectivity index (χ3n) is 2.38. The number of oxime groups is 1. The number of anilines is 1. The Kier molecular flexibility index (Phi) is 5.06. The quantitative estimate of drug-likeness (QED) is 0.264. The Labute approximate surface area is 116 Å². The van der Waals surface area contributed by atoms with Crippen molar-refractivity contribution in [2.75, 3.05) is 5.32 Å². The summed E-state index contributed by atoms with van der Waals surface area (Å²) in [5.41, 5.74) is 5.79. The van der Waals surface area contributed by atoms with Gasteiger partial charge in [0.05, 0.1) is 10.9 Å². The lowest BCUT2D eigenvalue weighted by Gasteiger charge is -2.13. The van der Waals surface area contributed by atoms with Crippen molar-refractivity contribution in [2.45, 2.75) is 24.8 Å². The molecule has 0 radical (unpaired) electrons. The molecular formula is C11H16N4O4S. The van der Waals surface area contributed by atoms with Gasteiger partial charge in [-0.2, -0.15) is 0 Å². The molecule has 0 bridgehead atoms. The molecule has 110 valence electrons. The molecule has 0 aliphatic heterocycles. The van der Waals surface area contributed by atoms with Crippen molar-refractivity contribution in [3.63, 3.8) is 0 Å². The zero-order chi connectivity index (χ0) is 15.3. The van der Waals surface area contributed by atoms with Gasteiger partial charge in [-0.05, 0) is 31.2 Å². The van der Waals surface area contributed by atoms with Gasteiger partial charge in [-0.1, -0.05) is 5.16 Å². The molecule has 0 aliphatic rings. The van der Waals surface area contributed by atoms with Crippen LogP contribution in [0.4, 0.5) is 5.69 Å². The lowest BCUT2D eigenvalue weighted by atomic mass is 10.3. The molecular weight excluding hydrogens is 284 g/mol. The number of amidine groups is 1. The van der Waals surface area contributed by atoms with Crippen molar-refractivity contribution in [3.8, 4) is 0 Å². The highest BCUT2D eigenvalue weighted by molar-refractivity contribution is 7.89. The minimum Gasteiger partial charge on any atom is -0.409 e. The lowest BCUT2D eigenvalue weighted by Crippen LogP contribution is -2.42. The van der Waals surface area contributed by atoms with Crippen LogP contribution in [-0.4, -0.2) is 31.4 Å². The number of benzene rings is 1. The van der Waals surface area contributed by atoms with Gasteiger partial charge in [0.2, 0.25) is 15.9 Å². The van der Waals surface area contributed by atoms with E-state index < -0.39 is 16.1 Å². The molecule has 0 aromatic heterocycles. The van der Waals surface area contributed by atoms with Gasteiger partial charge >= 0.3 is 0 Å². The smallest absolute Gasteiger partial charge is 0.241 e. The highest BCUT2D eigenvalue weighted by Gasteiger charge is 2.19. The van der Waals surface area contributed by atoms with E-state index in [0.717, 1.165) is 0 Å². The number of hydrogen-bond acceptors (Lipinski definition) is 5. The second-order valence-corrected chi connectivity index (χ2v) is 5.79. The molecule has 5 N–H and O–H groups in total. The topological polar surface area (TPSA) is 134 Å². The molecule has 20 heavy (non-hydrogen) atoms. The number of hydrogen-bond donors (Lipinski definition) is 4. The summed E-state index contributed by atoms with van der Waals surface area (Å²) in [6, 6.07) is 4.76. The molecule has 8 nitrogen and oxygen atoms in total. The van der Waals surface area contributed by atoms with Crippen molar-refractivity contribution in [3.05, 3.63) is 24.3 Å². The van der Waals surface area contributed by atoms with Gasteiger partial charge in [-0.25, -0.2) is 13.1 Å². The number of rotatable bonds is 5. The number of sulfonamides is 1. The third-order valence-corrected chi connectivity index (χ3v) is 3.93. The van der Waals surface area contributed by atoms with Crippen LogP contribution in [0.25, 0.3) is 0 Å². The molecule has 1 unspecified atom stereocenters. The molecule has 0 saturated carbocycles. The number of carbonyl (C=O) groups is 1. The number of nitrogens with zero attached hydrogens (tertiary/aromatic N) is 1. The third kappa shape index (κ3) is 4.21. The Morgan fingerprint density at radius 3 is 2.35 bits per heavy atom. The van der Waals surface area contributed by atoms with E-state index in [1.807, 2.05) is 0 Å². The first-order chi connectivity index (χ1) is 9.26. The average molecular weight is 300 g/mol. The number of amides is 1. The lowest BCUT2D eigenvalue weighted by molar-refractivity contribution is -0.114. The van der Waals surface area contributed by atoms with Gasteiger partial charge in [0, 0.05) is 12.6 Å². The number of nitrogens with two attached hydrogens (primary N) is 1. The van der Waals surface area contributed by atoms with Crippen molar-refractivity contribution in [1.82, 2.24) is 4.72 Å². The Morgan fingerprint density at radius 1 is 1.35 bits per heavy atom. The Morgan fingerprint density at radius 2 is 1.90 bits per heavy atom. The van der Waals surface area contributed by atoms with Gasteiger partial charge in [-0.3, -0.25) is 4.79 Å². The van der Waals surface area contributed by atoms with E-state index in [1.54, 1.807) is 0 Å². The predicted molar refractivity (Wildman–Crippen MR) is 73.9 cm³/mol. The van der Waals surface area contributed by atoms with Crippen LogP contribution in [0.5, 0.6) is 0 Å². The zero-order valence-corrected chi connectivity index (χ0v) is 11.8. The maximum Gasteiger partial charge on any atom is 0.241 e. The second kappa shape index (κ2) is 6.35. The van der Waals surface area contributed by atoms with E-state index in [1.165, 1.54) is 38.1 Å². The summed E-state index contributed by atoms with van der Waals surface area (Å²) in [5.74, 6) is -0.497. The van der Waals surface area contributed by atoms with E-state index in [-0.39, 0.29) is 16.6 Å². The molecule has 0 aliphatic carbocycles. The molecule has 0 saturated heterocycles. The van der Waals surface area contributed by atoms with E-state index in [9.17, 15) is 13.2 Å². The van der Waals surface area contributed by atoms with Crippen LogP contribution in [0.15, 0.2) is 34.3 Å². The highest BCUT2D eigenvalue weighted by atomic mass is 32.2. The molecule has 1 atom stereocenters. The van der Waals surface area contributed by atoms with E-state index in [4.69, 9.17) is 10.9 Å². The van der Waals surface area contributed by atoms with E-state index >= 15 is 0 Å². The summed E-state index contributed by atoms with van der Waals surface area (Å²) in [6.45, 7) is 2.79. The minimum atomic E-state index is -3.79. The fourth-order valence-corrected chi connectivity index (χ4v) is 2.59. The summed E-state index contributed by atoms with van der Waals surface area (Å²) in [4.78, 5) is 10.9. The molecule has 0 fully saturated rings. The predicted octanol–water partition coefficient (Wildman–Crippen LogP) is 0.0582. The molecule has 0 heterocycles. The molecule has 1 rings (SSSR count). The van der Waals surface area contributed by atoms with Gasteiger partial charge in [0.1, 0.15) is 0 Å². The van der Waals surface area contributed by atoms with Crippen LogP contribution >= 0.6 is 0 Å². The summed E-state index contributed by atoms with van der Waals surface area (Å²) in [6.07, 6.45) is 0. The van der Waals surface area contributed by atoms with Crippen molar-refractivity contribution in [1.29, 1.82) is 0 Å². The summed E-state index contributed by atoms with van der Waals surface area (Å²) >= 11 is 0. The fraction of sp³-hybridized carbons (Fsp3) is 0.273. The maximum absolute atomic E-state index is 12.0. The van der Waals surface area contributed by atoms with Gasteiger partial charge < -0.3 is 16.3 Å². The number of nitrogens with one attached hydrogen (secondary N) is 2. The second-order valence-electron chi connectivity index (χ2n) is 4.07. The monoisotopic (exact) mass is 300 g/mol. The van der Waals surface area contributed by atoms with E-state index in [0.29, 0.717) is 5.69 Å². The van der Waals surface area contributed by atoms with Gasteiger partial charge in [-0.15, -0.1) is 0 Å². The Bertz CT molecular complexity index is 610. The molecule has 1 amide bonds. The summed E-state index contributed by atoms with van der Waals surface area (Å²) in [5, 5.41) is 13.7. The molecule has 1 aromatic carbocycles. The van der Waals surface area contributed by atoms with Crippen LogP contribution in [0, 0.1) is 0 Å². The van der Waals surface area contributed by atoms with Crippen LogP contribution in [0.2, 0.25) is 0 Å². The first-order valence-corrected chi connectivity index (χ1v) is 7.12. The van der Waals surface area contributed by atoms with Crippen LogP contribution in [0.3, 0.4) is 0 Å². The summed E-state index contributed by atoms with van der Waals surface area (Å²) in [7, 11) is -3.79. The first-order valence-electron chi connectivity index (χ1n) is 5.63. The van der Waals surface area contributed by atoms with Crippen molar-refractivity contribution >= 4 is 27.5 Å². The van der Waals surface area contributed by atoms with Crippen LogP contribution < -0.4 is 15.8 Å².